The molecule has 4 nitrogen and oxygen atoms in total. The Morgan fingerprint density at radius 2 is 2.06 bits per heavy atom. The van der Waals surface area contributed by atoms with Gasteiger partial charge in [-0.15, -0.1) is 0 Å². The predicted molar refractivity (Wildman–Crippen MR) is 71.9 cm³/mol. The van der Waals surface area contributed by atoms with Gasteiger partial charge in [-0.1, -0.05) is 17.7 Å². The Balaban J connectivity index is 1.82. The Kier molecular flexibility index (Phi) is 2.94. The molecule has 0 spiro atoms. The largest absolute Gasteiger partial charge is 0.324 e. The van der Waals surface area contributed by atoms with E-state index >= 15 is 0 Å². The van der Waals surface area contributed by atoms with E-state index in [-0.39, 0.29) is 0 Å². The van der Waals surface area contributed by atoms with Gasteiger partial charge in [0.2, 0.25) is 5.95 Å². The van der Waals surface area contributed by atoms with Gasteiger partial charge in [0, 0.05) is 18.4 Å². The van der Waals surface area contributed by atoms with Crippen LogP contribution in [-0.4, -0.2) is 16.5 Å². The standard InChI is InChI=1S/C14H16N4/c1-10-2-4-12(5-3-10)17-14-16-8-11-6-7-15-9-13(11)18-14/h2-5,8,15H,6-7,9H2,1H3,(H,16,17,18). The topological polar surface area (TPSA) is 49.8 Å². The molecule has 1 aliphatic heterocycles. The summed E-state index contributed by atoms with van der Waals surface area (Å²) in [5, 5.41) is 6.55. The third kappa shape index (κ3) is 2.33. The molecule has 1 aromatic heterocycles. The molecule has 2 aromatic rings. The van der Waals surface area contributed by atoms with Crippen LogP contribution in [0.4, 0.5) is 11.6 Å². The van der Waals surface area contributed by atoms with Gasteiger partial charge in [0.05, 0.1) is 5.69 Å². The SMILES string of the molecule is Cc1ccc(Nc2ncc3c(n2)CNCC3)cc1. The van der Waals surface area contributed by atoms with E-state index in [1.54, 1.807) is 0 Å². The van der Waals surface area contributed by atoms with Crippen LogP contribution in [-0.2, 0) is 13.0 Å². The van der Waals surface area contributed by atoms with Gasteiger partial charge in [0.1, 0.15) is 0 Å². The fourth-order valence-electron chi connectivity index (χ4n) is 2.06. The maximum Gasteiger partial charge on any atom is 0.227 e. The van der Waals surface area contributed by atoms with Crippen molar-refractivity contribution in [2.24, 2.45) is 0 Å². The smallest absolute Gasteiger partial charge is 0.227 e. The zero-order valence-corrected chi connectivity index (χ0v) is 10.4. The number of aryl methyl sites for hydroxylation is 1. The first kappa shape index (κ1) is 11.2. The van der Waals surface area contributed by atoms with E-state index in [2.05, 4.69) is 39.7 Å². The maximum atomic E-state index is 4.55. The van der Waals surface area contributed by atoms with Crippen molar-refractivity contribution >= 4 is 11.6 Å². The minimum absolute atomic E-state index is 0.668. The summed E-state index contributed by atoms with van der Waals surface area (Å²) in [4.78, 5) is 8.91. The number of aromatic nitrogens is 2. The van der Waals surface area contributed by atoms with E-state index in [0.29, 0.717) is 5.95 Å². The molecule has 1 aliphatic rings. The molecule has 2 N–H and O–H groups in total. The Morgan fingerprint density at radius 3 is 2.89 bits per heavy atom. The fraction of sp³-hybridized carbons (Fsp3) is 0.286. The molecule has 0 fully saturated rings. The molecule has 2 heterocycles. The minimum Gasteiger partial charge on any atom is -0.324 e. The molecule has 1 aromatic carbocycles. The first-order valence-electron chi connectivity index (χ1n) is 6.20. The molecule has 4 heteroatoms. The Morgan fingerprint density at radius 1 is 1.22 bits per heavy atom. The lowest BCUT2D eigenvalue weighted by Gasteiger charge is -2.16. The number of nitrogens with one attached hydrogen (secondary N) is 2. The summed E-state index contributed by atoms with van der Waals surface area (Å²) < 4.78 is 0. The molecular formula is C14H16N4. The summed E-state index contributed by atoms with van der Waals surface area (Å²) in [6.45, 7) is 3.92. The van der Waals surface area contributed by atoms with Crippen molar-refractivity contribution < 1.29 is 0 Å². The molecule has 0 atom stereocenters. The number of nitrogens with zero attached hydrogens (tertiary/aromatic N) is 2. The molecule has 3 rings (SSSR count). The quantitative estimate of drug-likeness (QED) is 0.844. The molecule has 18 heavy (non-hydrogen) atoms. The van der Waals surface area contributed by atoms with E-state index in [4.69, 9.17) is 0 Å². The van der Waals surface area contributed by atoms with Gasteiger partial charge in [-0.3, -0.25) is 0 Å². The Hall–Kier alpha value is -1.94. The maximum absolute atomic E-state index is 4.55. The van der Waals surface area contributed by atoms with Crippen LogP contribution in [0.15, 0.2) is 30.5 Å². The number of benzene rings is 1. The van der Waals surface area contributed by atoms with E-state index in [0.717, 1.165) is 30.9 Å². The highest BCUT2D eigenvalue weighted by molar-refractivity contribution is 5.53. The molecular weight excluding hydrogens is 224 g/mol. The van der Waals surface area contributed by atoms with Crippen LogP contribution in [0.3, 0.4) is 0 Å². The van der Waals surface area contributed by atoms with Crippen LogP contribution in [0.5, 0.6) is 0 Å². The summed E-state index contributed by atoms with van der Waals surface area (Å²) in [6.07, 6.45) is 2.94. The molecule has 0 unspecified atom stereocenters. The highest BCUT2D eigenvalue weighted by Crippen LogP contribution is 2.16. The zero-order valence-electron chi connectivity index (χ0n) is 10.4. The summed E-state index contributed by atoms with van der Waals surface area (Å²) in [5.41, 5.74) is 4.62. The van der Waals surface area contributed by atoms with Gasteiger partial charge >= 0.3 is 0 Å². The summed E-state index contributed by atoms with van der Waals surface area (Å²) in [6, 6.07) is 8.22. The molecule has 0 amide bonds. The van der Waals surface area contributed by atoms with Crippen LogP contribution >= 0.6 is 0 Å². The van der Waals surface area contributed by atoms with Crippen molar-refractivity contribution in [1.82, 2.24) is 15.3 Å². The number of fused-ring (bicyclic) bond motifs is 1. The third-order valence-corrected chi connectivity index (χ3v) is 3.13. The van der Waals surface area contributed by atoms with Crippen LogP contribution in [0.1, 0.15) is 16.8 Å². The van der Waals surface area contributed by atoms with Gasteiger partial charge in [-0.2, -0.15) is 0 Å². The molecule has 0 saturated heterocycles. The average Bonchev–Trinajstić information content (AvgIpc) is 2.41. The third-order valence-electron chi connectivity index (χ3n) is 3.13. The monoisotopic (exact) mass is 240 g/mol. The van der Waals surface area contributed by atoms with Crippen LogP contribution < -0.4 is 10.6 Å². The van der Waals surface area contributed by atoms with Crippen molar-refractivity contribution in [2.45, 2.75) is 19.9 Å². The number of hydrogen-bond acceptors (Lipinski definition) is 4. The summed E-state index contributed by atoms with van der Waals surface area (Å²) in [7, 11) is 0. The summed E-state index contributed by atoms with van der Waals surface area (Å²) >= 11 is 0. The lowest BCUT2D eigenvalue weighted by Crippen LogP contribution is -2.25. The highest BCUT2D eigenvalue weighted by atomic mass is 15.1. The van der Waals surface area contributed by atoms with Crippen molar-refractivity contribution in [3.8, 4) is 0 Å². The van der Waals surface area contributed by atoms with Crippen LogP contribution in [0.25, 0.3) is 0 Å². The molecule has 92 valence electrons. The van der Waals surface area contributed by atoms with Crippen LogP contribution in [0.2, 0.25) is 0 Å². The molecule has 0 radical (unpaired) electrons. The predicted octanol–water partition coefficient (Wildman–Crippen LogP) is 2.17. The average molecular weight is 240 g/mol. The minimum atomic E-state index is 0.668. The molecule has 0 saturated carbocycles. The van der Waals surface area contributed by atoms with Gasteiger partial charge in [0.25, 0.3) is 0 Å². The van der Waals surface area contributed by atoms with Crippen molar-refractivity contribution in [2.75, 3.05) is 11.9 Å². The first-order chi connectivity index (χ1) is 8.81. The van der Waals surface area contributed by atoms with Gasteiger partial charge in [-0.25, -0.2) is 9.97 Å². The number of rotatable bonds is 2. The Labute approximate surface area is 106 Å². The van der Waals surface area contributed by atoms with Gasteiger partial charge in [-0.05, 0) is 37.6 Å². The van der Waals surface area contributed by atoms with Crippen LogP contribution in [0, 0.1) is 6.92 Å². The van der Waals surface area contributed by atoms with E-state index in [1.165, 1.54) is 11.1 Å². The van der Waals surface area contributed by atoms with Crippen molar-refractivity contribution in [1.29, 1.82) is 0 Å². The van der Waals surface area contributed by atoms with E-state index < -0.39 is 0 Å². The second kappa shape index (κ2) is 4.74. The van der Waals surface area contributed by atoms with E-state index in [9.17, 15) is 0 Å². The fourth-order valence-corrected chi connectivity index (χ4v) is 2.06. The van der Waals surface area contributed by atoms with Gasteiger partial charge < -0.3 is 10.6 Å². The number of hydrogen-bond donors (Lipinski definition) is 2. The van der Waals surface area contributed by atoms with Crippen molar-refractivity contribution in [3.63, 3.8) is 0 Å². The highest BCUT2D eigenvalue weighted by Gasteiger charge is 2.11. The number of anilines is 2. The molecule has 0 aliphatic carbocycles. The van der Waals surface area contributed by atoms with Gasteiger partial charge in [0.15, 0.2) is 0 Å². The Bertz CT molecular complexity index is 548. The van der Waals surface area contributed by atoms with Crippen molar-refractivity contribution in [3.05, 3.63) is 47.3 Å². The van der Waals surface area contributed by atoms with E-state index in [1.807, 2.05) is 18.3 Å². The second-order valence-corrected chi connectivity index (χ2v) is 4.58. The lowest BCUT2D eigenvalue weighted by molar-refractivity contribution is 0.624. The molecule has 0 bridgehead atoms. The normalized spacial score (nSPS) is 14.1. The first-order valence-corrected chi connectivity index (χ1v) is 6.20. The summed E-state index contributed by atoms with van der Waals surface area (Å²) in [5.74, 6) is 0.668. The lowest BCUT2D eigenvalue weighted by atomic mass is 10.1. The second-order valence-electron chi connectivity index (χ2n) is 4.58. The zero-order chi connectivity index (χ0) is 12.4.